The first kappa shape index (κ1) is 20.1. The van der Waals surface area contributed by atoms with Crippen molar-refractivity contribution in [3.05, 3.63) is 65.5 Å². The molecule has 0 fully saturated rings. The molecule has 0 unspecified atom stereocenters. The van der Waals surface area contributed by atoms with Crippen molar-refractivity contribution in [2.45, 2.75) is 24.7 Å². The molecule has 1 N–H and O–H groups in total. The van der Waals surface area contributed by atoms with Crippen LogP contribution in [0, 0.1) is 12.7 Å². The SMILES string of the molecule is Cc1ccc(S(=O)(=O)N(C)CC(=O)NCCCc2ccc(F)cc2)cc1. The Hall–Kier alpha value is -2.25. The zero-order valence-electron chi connectivity index (χ0n) is 14.9. The average molecular weight is 378 g/mol. The Kier molecular flexibility index (Phi) is 6.88. The molecule has 0 spiro atoms. The summed E-state index contributed by atoms with van der Waals surface area (Å²) in [6.07, 6.45) is 1.39. The van der Waals surface area contributed by atoms with Crippen LogP contribution in [0.1, 0.15) is 17.5 Å². The smallest absolute Gasteiger partial charge is 0.243 e. The Labute approximate surface area is 153 Å². The van der Waals surface area contributed by atoms with Gasteiger partial charge >= 0.3 is 0 Å². The third-order valence-corrected chi connectivity index (χ3v) is 5.79. The zero-order valence-corrected chi connectivity index (χ0v) is 15.7. The molecule has 26 heavy (non-hydrogen) atoms. The van der Waals surface area contributed by atoms with Crippen LogP contribution in [-0.2, 0) is 21.2 Å². The van der Waals surface area contributed by atoms with E-state index < -0.39 is 10.0 Å². The van der Waals surface area contributed by atoms with Crippen molar-refractivity contribution < 1.29 is 17.6 Å². The van der Waals surface area contributed by atoms with Gasteiger partial charge in [-0.15, -0.1) is 0 Å². The van der Waals surface area contributed by atoms with Gasteiger partial charge in [-0.1, -0.05) is 29.8 Å². The van der Waals surface area contributed by atoms with Gasteiger partial charge in [-0.3, -0.25) is 4.79 Å². The van der Waals surface area contributed by atoms with Crippen molar-refractivity contribution in [2.75, 3.05) is 20.1 Å². The van der Waals surface area contributed by atoms with Gasteiger partial charge in [0.25, 0.3) is 0 Å². The number of nitrogens with one attached hydrogen (secondary N) is 1. The molecule has 1 amide bonds. The normalized spacial score (nSPS) is 11.5. The van der Waals surface area contributed by atoms with Crippen molar-refractivity contribution >= 4 is 15.9 Å². The second kappa shape index (κ2) is 8.91. The molecule has 0 heterocycles. The quantitative estimate of drug-likeness (QED) is 0.718. The van der Waals surface area contributed by atoms with Crippen LogP contribution in [0.2, 0.25) is 0 Å². The van der Waals surface area contributed by atoms with E-state index in [1.165, 1.54) is 31.3 Å². The summed E-state index contributed by atoms with van der Waals surface area (Å²) < 4.78 is 38.7. The van der Waals surface area contributed by atoms with E-state index in [1.807, 2.05) is 6.92 Å². The van der Waals surface area contributed by atoms with Crippen LogP contribution in [0.15, 0.2) is 53.4 Å². The third kappa shape index (κ3) is 5.64. The number of halogens is 1. The highest BCUT2D eigenvalue weighted by Crippen LogP contribution is 2.14. The molecule has 0 radical (unpaired) electrons. The van der Waals surface area contributed by atoms with E-state index in [0.29, 0.717) is 19.4 Å². The Morgan fingerprint density at radius 2 is 1.69 bits per heavy atom. The third-order valence-electron chi connectivity index (χ3n) is 3.97. The highest BCUT2D eigenvalue weighted by molar-refractivity contribution is 7.89. The molecule has 0 aliphatic carbocycles. The Bertz CT molecular complexity index is 834. The fraction of sp³-hybridized carbons (Fsp3) is 0.316. The lowest BCUT2D eigenvalue weighted by atomic mass is 10.1. The number of nitrogens with zero attached hydrogens (tertiary/aromatic N) is 1. The van der Waals surface area contributed by atoms with Gasteiger partial charge in [-0.25, -0.2) is 12.8 Å². The Morgan fingerprint density at radius 1 is 1.08 bits per heavy atom. The van der Waals surface area contributed by atoms with Gasteiger partial charge in [0.2, 0.25) is 15.9 Å². The van der Waals surface area contributed by atoms with Gasteiger partial charge in [0, 0.05) is 13.6 Å². The second-order valence-corrected chi connectivity index (χ2v) is 8.20. The summed E-state index contributed by atoms with van der Waals surface area (Å²) in [5, 5.41) is 2.71. The molecular formula is C19H23FN2O3S. The lowest BCUT2D eigenvalue weighted by molar-refractivity contribution is -0.121. The number of hydrogen-bond acceptors (Lipinski definition) is 3. The van der Waals surface area contributed by atoms with Crippen molar-refractivity contribution in [3.8, 4) is 0 Å². The van der Waals surface area contributed by atoms with Gasteiger partial charge in [-0.2, -0.15) is 4.31 Å². The minimum Gasteiger partial charge on any atom is -0.355 e. The molecule has 2 aromatic carbocycles. The minimum absolute atomic E-state index is 0.162. The number of sulfonamides is 1. The first-order valence-corrected chi connectivity index (χ1v) is 9.77. The van der Waals surface area contributed by atoms with Crippen molar-refractivity contribution in [3.63, 3.8) is 0 Å². The highest BCUT2D eigenvalue weighted by atomic mass is 32.2. The molecule has 2 aromatic rings. The summed E-state index contributed by atoms with van der Waals surface area (Å²) in [6, 6.07) is 12.7. The van der Waals surface area contributed by atoms with E-state index in [9.17, 15) is 17.6 Å². The fourth-order valence-electron chi connectivity index (χ4n) is 2.40. The van der Waals surface area contributed by atoms with E-state index >= 15 is 0 Å². The number of carbonyl (C=O) groups is 1. The van der Waals surface area contributed by atoms with E-state index in [1.54, 1.807) is 24.3 Å². The lowest BCUT2D eigenvalue weighted by Crippen LogP contribution is -2.38. The van der Waals surface area contributed by atoms with Crippen LogP contribution in [0.4, 0.5) is 4.39 Å². The van der Waals surface area contributed by atoms with Gasteiger partial charge in [0.1, 0.15) is 5.82 Å². The molecule has 5 nitrogen and oxygen atoms in total. The van der Waals surface area contributed by atoms with Crippen LogP contribution in [0.5, 0.6) is 0 Å². The van der Waals surface area contributed by atoms with Crippen LogP contribution >= 0.6 is 0 Å². The second-order valence-electron chi connectivity index (χ2n) is 6.15. The molecule has 0 aromatic heterocycles. The molecule has 140 valence electrons. The summed E-state index contributed by atoms with van der Waals surface area (Å²) in [4.78, 5) is 12.1. The predicted molar refractivity (Wildman–Crippen MR) is 98.7 cm³/mol. The number of likely N-dealkylation sites (N-methyl/N-ethyl adjacent to an activating group) is 1. The van der Waals surface area contributed by atoms with E-state index in [-0.39, 0.29) is 23.2 Å². The monoisotopic (exact) mass is 378 g/mol. The minimum atomic E-state index is -3.69. The summed E-state index contributed by atoms with van der Waals surface area (Å²) in [5.41, 5.74) is 1.95. The van der Waals surface area contributed by atoms with Gasteiger partial charge in [0.05, 0.1) is 11.4 Å². The number of carbonyl (C=O) groups excluding carboxylic acids is 1. The Balaban J connectivity index is 1.79. The van der Waals surface area contributed by atoms with E-state index in [2.05, 4.69) is 5.32 Å². The number of amides is 1. The van der Waals surface area contributed by atoms with Crippen molar-refractivity contribution in [2.24, 2.45) is 0 Å². The first-order valence-electron chi connectivity index (χ1n) is 8.33. The van der Waals surface area contributed by atoms with Crippen molar-refractivity contribution in [1.82, 2.24) is 9.62 Å². The zero-order chi connectivity index (χ0) is 19.2. The van der Waals surface area contributed by atoms with Crippen LogP contribution < -0.4 is 5.32 Å². The number of aryl methyl sites for hydroxylation is 2. The Morgan fingerprint density at radius 3 is 2.31 bits per heavy atom. The maximum atomic E-state index is 12.8. The fourth-order valence-corrected chi connectivity index (χ4v) is 3.53. The van der Waals surface area contributed by atoms with Gasteiger partial charge in [-0.05, 0) is 49.6 Å². The molecule has 0 bridgehead atoms. The average Bonchev–Trinajstić information content (AvgIpc) is 2.60. The van der Waals surface area contributed by atoms with E-state index in [4.69, 9.17) is 0 Å². The van der Waals surface area contributed by atoms with Crippen LogP contribution in [-0.4, -0.2) is 38.8 Å². The maximum Gasteiger partial charge on any atom is 0.243 e. The predicted octanol–water partition coefficient (Wildman–Crippen LogP) is 2.50. The molecule has 0 atom stereocenters. The number of benzene rings is 2. The molecule has 0 saturated carbocycles. The topological polar surface area (TPSA) is 66.5 Å². The largest absolute Gasteiger partial charge is 0.355 e. The van der Waals surface area contributed by atoms with E-state index in [0.717, 1.165) is 15.4 Å². The molecular weight excluding hydrogens is 355 g/mol. The number of hydrogen-bond donors (Lipinski definition) is 1. The molecule has 0 saturated heterocycles. The summed E-state index contributed by atoms with van der Waals surface area (Å²) in [7, 11) is -2.31. The number of rotatable bonds is 8. The summed E-state index contributed by atoms with van der Waals surface area (Å²) >= 11 is 0. The molecule has 7 heteroatoms. The highest BCUT2D eigenvalue weighted by Gasteiger charge is 2.22. The first-order chi connectivity index (χ1) is 12.3. The maximum absolute atomic E-state index is 12.8. The van der Waals surface area contributed by atoms with Gasteiger partial charge in [0.15, 0.2) is 0 Å². The lowest BCUT2D eigenvalue weighted by Gasteiger charge is -2.17. The molecule has 2 rings (SSSR count). The summed E-state index contributed by atoms with van der Waals surface area (Å²) in [6.45, 7) is 2.06. The summed E-state index contributed by atoms with van der Waals surface area (Å²) in [5.74, 6) is -0.637. The van der Waals surface area contributed by atoms with Gasteiger partial charge < -0.3 is 5.32 Å². The van der Waals surface area contributed by atoms with Crippen molar-refractivity contribution in [1.29, 1.82) is 0 Å². The molecule has 0 aliphatic heterocycles. The van der Waals surface area contributed by atoms with Crippen LogP contribution in [0.3, 0.4) is 0 Å². The van der Waals surface area contributed by atoms with Crippen LogP contribution in [0.25, 0.3) is 0 Å². The molecule has 0 aliphatic rings. The standard InChI is InChI=1S/C19H23FN2O3S/c1-15-5-11-18(12-6-15)26(24,25)22(2)14-19(23)21-13-3-4-16-7-9-17(20)10-8-16/h5-12H,3-4,13-14H2,1-2H3,(H,21,23).